The van der Waals surface area contributed by atoms with E-state index in [1.54, 1.807) is 7.11 Å². The maximum atomic E-state index is 12.4. The molecule has 0 aromatic heterocycles. The fourth-order valence-corrected chi connectivity index (χ4v) is 2.81. The van der Waals surface area contributed by atoms with Crippen molar-refractivity contribution >= 4 is 17.6 Å². The molecule has 114 valence electrons. The summed E-state index contributed by atoms with van der Waals surface area (Å²) >= 11 is 0. The zero-order valence-corrected chi connectivity index (χ0v) is 12.4. The van der Waals surface area contributed by atoms with Gasteiger partial charge in [0.1, 0.15) is 5.75 Å². The molecule has 2 rings (SSSR count). The lowest BCUT2D eigenvalue weighted by atomic mass is 9.81. The highest BCUT2D eigenvalue weighted by molar-refractivity contribution is 5.94. The van der Waals surface area contributed by atoms with E-state index in [0.717, 1.165) is 18.4 Å². The second-order valence-corrected chi connectivity index (χ2v) is 5.59. The third-order valence-electron chi connectivity index (χ3n) is 4.01. The number of amides is 1. The fraction of sp³-hybridized carbons (Fsp3) is 0.500. The molecule has 0 spiro atoms. The van der Waals surface area contributed by atoms with Gasteiger partial charge in [0.25, 0.3) is 0 Å². The number of hydrogen-bond acceptors (Lipinski definition) is 3. The second-order valence-electron chi connectivity index (χ2n) is 5.59. The Morgan fingerprint density at radius 2 is 2.00 bits per heavy atom. The van der Waals surface area contributed by atoms with Crippen molar-refractivity contribution in [3.8, 4) is 5.75 Å². The third-order valence-corrected chi connectivity index (χ3v) is 4.01. The van der Waals surface area contributed by atoms with Gasteiger partial charge in [-0.15, -0.1) is 0 Å². The first-order valence-corrected chi connectivity index (χ1v) is 7.19. The van der Waals surface area contributed by atoms with E-state index in [0.29, 0.717) is 24.3 Å². The van der Waals surface area contributed by atoms with E-state index in [9.17, 15) is 9.59 Å². The summed E-state index contributed by atoms with van der Waals surface area (Å²) in [7, 11) is 1.56. The molecule has 2 atom stereocenters. The predicted molar refractivity (Wildman–Crippen MR) is 79.4 cm³/mol. The molecule has 1 aromatic rings. The number of hydrogen-bond donors (Lipinski definition) is 2. The maximum absolute atomic E-state index is 12.4. The van der Waals surface area contributed by atoms with Crippen LogP contribution in [0.15, 0.2) is 18.2 Å². The molecule has 1 amide bonds. The summed E-state index contributed by atoms with van der Waals surface area (Å²) in [6, 6.07) is 5.58. The number of rotatable bonds is 4. The Morgan fingerprint density at radius 1 is 1.29 bits per heavy atom. The molecule has 1 aliphatic rings. The van der Waals surface area contributed by atoms with Gasteiger partial charge in [-0.3, -0.25) is 9.59 Å². The van der Waals surface area contributed by atoms with Gasteiger partial charge in [-0.25, -0.2) is 0 Å². The van der Waals surface area contributed by atoms with Crippen molar-refractivity contribution < 1.29 is 19.4 Å². The molecule has 5 nitrogen and oxygen atoms in total. The summed E-state index contributed by atoms with van der Waals surface area (Å²) in [6.45, 7) is 1.94. The van der Waals surface area contributed by atoms with Gasteiger partial charge in [0.2, 0.25) is 5.91 Å². The van der Waals surface area contributed by atoms with Crippen LogP contribution >= 0.6 is 0 Å². The lowest BCUT2D eigenvalue weighted by molar-refractivity contribution is -0.143. The molecule has 0 saturated heterocycles. The predicted octanol–water partition coefficient (Wildman–Crippen LogP) is 2.83. The fourth-order valence-electron chi connectivity index (χ4n) is 2.81. The minimum Gasteiger partial charge on any atom is -0.495 e. The summed E-state index contributed by atoms with van der Waals surface area (Å²) in [4.78, 5) is 23.4. The molecule has 1 aromatic carbocycles. The Balaban J connectivity index is 2.07. The molecule has 0 bridgehead atoms. The summed E-state index contributed by atoms with van der Waals surface area (Å²) in [5.41, 5.74) is 1.66. The smallest absolute Gasteiger partial charge is 0.306 e. The summed E-state index contributed by atoms with van der Waals surface area (Å²) in [5, 5.41) is 12.0. The van der Waals surface area contributed by atoms with Crippen molar-refractivity contribution in [2.24, 2.45) is 11.8 Å². The van der Waals surface area contributed by atoms with Crippen molar-refractivity contribution in [1.82, 2.24) is 0 Å². The first-order chi connectivity index (χ1) is 10.0. The van der Waals surface area contributed by atoms with Crippen molar-refractivity contribution in [2.45, 2.75) is 32.6 Å². The average Bonchev–Trinajstić information content (AvgIpc) is 2.47. The van der Waals surface area contributed by atoms with Gasteiger partial charge in [-0.05, 0) is 43.9 Å². The first-order valence-electron chi connectivity index (χ1n) is 7.19. The number of benzene rings is 1. The van der Waals surface area contributed by atoms with Crippen LogP contribution in [0.25, 0.3) is 0 Å². The molecule has 0 radical (unpaired) electrons. The number of methoxy groups -OCH3 is 1. The summed E-state index contributed by atoms with van der Waals surface area (Å²) in [5.74, 6) is -0.969. The first kappa shape index (κ1) is 15.4. The van der Waals surface area contributed by atoms with Crippen molar-refractivity contribution in [3.63, 3.8) is 0 Å². The minimum absolute atomic E-state index is 0.121. The van der Waals surface area contributed by atoms with Crippen LogP contribution in [0.4, 0.5) is 5.69 Å². The van der Waals surface area contributed by atoms with Gasteiger partial charge >= 0.3 is 5.97 Å². The van der Waals surface area contributed by atoms with Crippen LogP contribution < -0.4 is 10.1 Å². The van der Waals surface area contributed by atoms with Gasteiger partial charge in [-0.1, -0.05) is 12.5 Å². The van der Waals surface area contributed by atoms with E-state index in [2.05, 4.69) is 5.32 Å². The zero-order valence-electron chi connectivity index (χ0n) is 12.4. The number of carboxylic acids is 1. The Kier molecular flexibility index (Phi) is 4.83. The number of carbonyl (C=O) groups excluding carboxylic acids is 1. The topological polar surface area (TPSA) is 75.6 Å². The van der Waals surface area contributed by atoms with E-state index in [1.165, 1.54) is 0 Å². The van der Waals surface area contributed by atoms with Gasteiger partial charge in [-0.2, -0.15) is 0 Å². The summed E-state index contributed by atoms with van der Waals surface area (Å²) < 4.78 is 5.24. The molecule has 0 aliphatic heterocycles. The van der Waals surface area contributed by atoms with Gasteiger partial charge in [0.05, 0.1) is 18.7 Å². The maximum Gasteiger partial charge on any atom is 0.306 e. The number of ether oxygens (including phenoxy) is 1. The van der Waals surface area contributed by atoms with Crippen LogP contribution in [-0.2, 0) is 9.59 Å². The van der Waals surface area contributed by atoms with Crippen LogP contribution in [0.2, 0.25) is 0 Å². The molecular formula is C16H21NO4. The van der Waals surface area contributed by atoms with E-state index in [-0.39, 0.29) is 11.8 Å². The lowest BCUT2D eigenvalue weighted by Crippen LogP contribution is -2.31. The Morgan fingerprint density at radius 3 is 2.67 bits per heavy atom. The Labute approximate surface area is 124 Å². The van der Waals surface area contributed by atoms with Crippen LogP contribution in [0.1, 0.15) is 31.2 Å². The number of aryl methyl sites for hydroxylation is 1. The molecule has 2 N–H and O–H groups in total. The van der Waals surface area contributed by atoms with Crippen LogP contribution in [0.5, 0.6) is 5.75 Å². The third kappa shape index (κ3) is 3.74. The van der Waals surface area contributed by atoms with E-state index >= 15 is 0 Å². The number of aliphatic carboxylic acids is 1. The SMILES string of the molecule is COc1ccc(C)cc1NC(=O)C1CCCC(C(=O)O)C1. The number of carbonyl (C=O) groups is 2. The largest absolute Gasteiger partial charge is 0.495 e. The highest BCUT2D eigenvalue weighted by Gasteiger charge is 2.31. The number of nitrogens with one attached hydrogen (secondary N) is 1. The molecule has 0 heterocycles. The van der Waals surface area contributed by atoms with Crippen LogP contribution in [-0.4, -0.2) is 24.1 Å². The highest BCUT2D eigenvalue weighted by Crippen LogP contribution is 2.32. The molecule has 21 heavy (non-hydrogen) atoms. The van der Waals surface area contributed by atoms with Gasteiger partial charge in [0, 0.05) is 5.92 Å². The molecule has 5 heteroatoms. The van der Waals surface area contributed by atoms with E-state index in [4.69, 9.17) is 9.84 Å². The monoisotopic (exact) mass is 291 g/mol. The van der Waals surface area contributed by atoms with E-state index in [1.807, 2.05) is 25.1 Å². The number of carboxylic acid groups (broad SMARTS) is 1. The van der Waals surface area contributed by atoms with E-state index < -0.39 is 11.9 Å². The van der Waals surface area contributed by atoms with Crippen molar-refractivity contribution in [1.29, 1.82) is 0 Å². The number of anilines is 1. The molecule has 2 unspecified atom stereocenters. The van der Waals surface area contributed by atoms with Crippen LogP contribution in [0.3, 0.4) is 0 Å². The van der Waals surface area contributed by atoms with Gasteiger partial charge < -0.3 is 15.2 Å². The van der Waals surface area contributed by atoms with Crippen molar-refractivity contribution in [2.75, 3.05) is 12.4 Å². The van der Waals surface area contributed by atoms with Gasteiger partial charge in [0.15, 0.2) is 0 Å². The molecular weight excluding hydrogens is 270 g/mol. The average molecular weight is 291 g/mol. The summed E-state index contributed by atoms with van der Waals surface area (Å²) in [6.07, 6.45) is 2.59. The molecule has 1 fully saturated rings. The molecule has 1 aliphatic carbocycles. The highest BCUT2D eigenvalue weighted by atomic mass is 16.5. The lowest BCUT2D eigenvalue weighted by Gasteiger charge is -2.26. The zero-order chi connectivity index (χ0) is 15.4. The van der Waals surface area contributed by atoms with Crippen molar-refractivity contribution in [3.05, 3.63) is 23.8 Å². The minimum atomic E-state index is -0.805. The molecule has 1 saturated carbocycles. The standard InChI is InChI=1S/C16H21NO4/c1-10-6-7-14(21-2)13(8-10)17-15(18)11-4-3-5-12(9-11)16(19)20/h6-8,11-12H,3-5,9H2,1-2H3,(H,17,18)(H,19,20). The van der Waals surface area contributed by atoms with Crippen LogP contribution in [0, 0.1) is 18.8 Å². The Hall–Kier alpha value is -2.04. The second kappa shape index (κ2) is 6.61. The normalized spacial score (nSPS) is 21.6. The Bertz CT molecular complexity index is 541. The quantitative estimate of drug-likeness (QED) is 0.894.